The van der Waals surface area contributed by atoms with Crippen LogP contribution in [-0.4, -0.2) is 18.6 Å². The van der Waals surface area contributed by atoms with Crippen LogP contribution >= 0.6 is 0 Å². The number of amides is 1. The first kappa shape index (κ1) is 14.2. The van der Waals surface area contributed by atoms with E-state index in [1.165, 1.54) is 0 Å². The summed E-state index contributed by atoms with van der Waals surface area (Å²) in [5, 5.41) is 2.88. The zero-order valence-corrected chi connectivity index (χ0v) is 11.8. The third kappa shape index (κ3) is 4.46. The van der Waals surface area contributed by atoms with Gasteiger partial charge >= 0.3 is 0 Å². The van der Waals surface area contributed by atoms with E-state index in [-0.39, 0.29) is 18.6 Å². The van der Waals surface area contributed by atoms with E-state index >= 15 is 0 Å². The topological polar surface area (TPSA) is 51.5 Å². The van der Waals surface area contributed by atoms with Gasteiger partial charge < -0.3 is 14.5 Å². The number of nitrogens with one attached hydrogen (secondary N) is 1. The number of carbonyl (C=O) groups is 1. The molecule has 0 radical (unpaired) electrons. The molecule has 0 aliphatic carbocycles. The van der Waals surface area contributed by atoms with Crippen LogP contribution < -0.4 is 10.1 Å². The summed E-state index contributed by atoms with van der Waals surface area (Å²) in [5.41, 5.74) is 1.16. The van der Waals surface area contributed by atoms with Gasteiger partial charge in [0.05, 0.1) is 6.26 Å². The molecule has 0 saturated carbocycles. The summed E-state index contributed by atoms with van der Waals surface area (Å²) < 4.78 is 10.7. The predicted molar refractivity (Wildman–Crippen MR) is 76.7 cm³/mol. The van der Waals surface area contributed by atoms with E-state index in [9.17, 15) is 4.79 Å². The van der Waals surface area contributed by atoms with Crippen molar-refractivity contribution in [3.8, 4) is 5.75 Å². The molecular weight excluding hydrogens is 254 g/mol. The molecule has 4 nitrogen and oxygen atoms in total. The second-order valence-electron chi connectivity index (χ2n) is 4.85. The van der Waals surface area contributed by atoms with Crippen LogP contribution in [0.2, 0.25) is 0 Å². The lowest BCUT2D eigenvalue weighted by atomic mass is 10.2. The molecule has 1 aromatic heterocycles. The third-order valence-electron chi connectivity index (χ3n) is 2.89. The Balaban J connectivity index is 1.73. The molecule has 1 heterocycles. The number of rotatable bonds is 6. The minimum Gasteiger partial charge on any atom is -0.484 e. The zero-order valence-electron chi connectivity index (χ0n) is 11.8. The van der Waals surface area contributed by atoms with Gasteiger partial charge in [-0.2, -0.15) is 0 Å². The molecule has 2 rings (SSSR count). The van der Waals surface area contributed by atoms with Crippen LogP contribution in [-0.2, 0) is 11.2 Å². The third-order valence-corrected chi connectivity index (χ3v) is 2.89. The molecule has 4 heteroatoms. The highest BCUT2D eigenvalue weighted by Crippen LogP contribution is 2.11. The molecule has 1 N–H and O–H groups in total. The molecule has 0 bridgehead atoms. The smallest absolute Gasteiger partial charge is 0.258 e. The molecular formula is C16H19NO3. The van der Waals surface area contributed by atoms with Crippen molar-refractivity contribution in [3.05, 3.63) is 54.0 Å². The normalized spacial score (nSPS) is 11.9. The summed E-state index contributed by atoms with van der Waals surface area (Å²) in [7, 11) is 0. The lowest BCUT2D eigenvalue weighted by molar-refractivity contribution is -0.123. The number of furan rings is 1. The molecule has 106 valence electrons. The van der Waals surface area contributed by atoms with Crippen molar-refractivity contribution in [2.45, 2.75) is 26.3 Å². The Kier molecular flexibility index (Phi) is 4.82. The Bertz CT molecular complexity index is 531. The molecule has 0 aliphatic heterocycles. The summed E-state index contributed by atoms with van der Waals surface area (Å²) in [6.45, 7) is 3.96. The Morgan fingerprint density at radius 2 is 2.05 bits per heavy atom. The van der Waals surface area contributed by atoms with Gasteiger partial charge in [0, 0.05) is 12.5 Å². The van der Waals surface area contributed by atoms with Crippen molar-refractivity contribution in [3.63, 3.8) is 0 Å². The van der Waals surface area contributed by atoms with Crippen molar-refractivity contribution in [2.24, 2.45) is 0 Å². The molecule has 1 aromatic carbocycles. The minimum atomic E-state index is -0.135. The van der Waals surface area contributed by atoms with Gasteiger partial charge in [0.2, 0.25) is 0 Å². The molecule has 0 fully saturated rings. The Labute approximate surface area is 118 Å². The van der Waals surface area contributed by atoms with Gasteiger partial charge in [0.25, 0.3) is 5.91 Å². The quantitative estimate of drug-likeness (QED) is 0.880. The predicted octanol–water partition coefficient (Wildman–Crippen LogP) is 2.71. The molecule has 1 unspecified atom stereocenters. The van der Waals surface area contributed by atoms with Crippen LogP contribution in [0.15, 0.2) is 47.1 Å². The van der Waals surface area contributed by atoms with Crippen molar-refractivity contribution in [2.75, 3.05) is 6.61 Å². The average Bonchev–Trinajstić information content (AvgIpc) is 2.90. The molecule has 1 amide bonds. The number of carbonyl (C=O) groups excluding carboxylic acids is 1. The summed E-state index contributed by atoms with van der Waals surface area (Å²) >= 11 is 0. The van der Waals surface area contributed by atoms with E-state index < -0.39 is 0 Å². The highest BCUT2D eigenvalue weighted by Gasteiger charge is 2.10. The molecule has 2 aromatic rings. The second-order valence-corrected chi connectivity index (χ2v) is 4.85. The van der Waals surface area contributed by atoms with E-state index in [1.807, 2.05) is 50.2 Å². The number of aryl methyl sites for hydroxylation is 1. The Morgan fingerprint density at radius 3 is 2.70 bits per heavy atom. The van der Waals surface area contributed by atoms with Gasteiger partial charge in [0.15, 0.2) is 6.61 Å². The van der Waals surface area contributed by atoms with E-state index in [2.05, 4.69) is 5.32 Å². The Morgan fingerprint density at radius 1 is 1.30 bits per heavy atom. The molecule has 0 aliphatic rings. The van der Waals surface area contributed by atoms with Crippen molar-refractivity contribution < 1.29 is 13.9 Å². The summed E-state index contributed by atoms with van der Waals surface area (Å²) in [4.78, 5) is 11.8. The van der Waals surface area contributed by atoms with Gasteiger partial charge in [-0.3, -0.25) is 4.79 Å². The molecule has 0 saturated heterocycles. The number of benzene rings is 1. The zero-order chi connectivity index (χ0) is 14.4. The number of hydrogen-bond acceptors (Lipinski definition) is 3. The van der Waals surface area contributed by atoms with Crippen LogP contribution in [0.1, 0.15) is 18.2 Å². The van der Waals surface area contributed by atoms with E-state index in [4.69, 9.17) is 9.15 Å². The number of hydrogen-bond donors (Lipinski definition) is 1. The second kappa shape index (κ2) is 6.80. The van der Waals surface area contributed by atoms with Gasteiger partial charge in [-0.05, 0) is 38.1 Å². The minimum absolute atomic E-state index is 0.00951. The first-order valence-corrected chi connectivity index (χ1v) is 6.64. The standard InChI is InChI=1S/C16H19NO3/c1-12-5-7-14(8-6-12)20-11-16(18)17-13(2)10-15-4-3-9-19-15/h3-9,13H,10-11H2,1-2H3,(H,17,18). The fourth-order valence-electron chi connectivity index (χ4n) is 1.88. The highest BCUT2D eigenvalue weighted by atomic mass is 16.5. The van der Waals surface area contributed by atoms with E-state index in [0.717, 1.165) is 11.3 Å². The van der Waals surface area contributed by atoms with Crippen LogP contribution in [0.3, 0.4) is 0 Å². The largest absolute Gasteiger partial charge is 0.484 e. The molecule has 1 atom stereocenters. The van der Waals surface area contributed by atoms with E-state index in [0.29, 0.717) is 12.2 Å². The first-order valence-electron chi connectivity index (χ1n) is 6.64. The lowest BCUT2D eigenvalue weighted by Gasteiger charge is -2.13. The van der Waals surface area contributed by atoms with Gasteiger partial charge in [0.1, 0.15) is 11.5 Å². The van der Waals surface area contributed by atoms with Gasteiger partial charge in [-0.15, -0.1) is 0 Å². The lowest BCUT2D eigenvalue weighted by Crippen LogP contribution is -2.37. The summed E-state index contributed by atoms with van der Waals surface area (Å²) in [6, 6.07) is 11.4. The van der Waals surface area contributed by atoms with Crippen LogP contribution in [0.25, 0.3) is 0 Å². The SMILES string of the molecule is Cc1ccc(OCC(=O)NC(C)Cc2ccco2)cc1. The maximum absolute atomic E-state index is 11.8. The van der Waals surface area contributed by atoms with E-state index in [1.54, 1.807) is 6.26 Å². The van der Waals surface area contributed by atoms with Crippen LogP contribution in [0.4, 0.5) is 0 Å². The molecule has 20 heavy (non-hydrogen) atoms. The monoisotopic (exact) mass is 273 g/mol. The fourth-order valence-corrected chi connectivity index (χ4v) is 1.88. The van der Waals surface area contributed by atoms with Crippen molar-refractivity contribution in [1.82, 2.24) is 5.32 Å². The molecule has 0 spiro atoms. The van der Waals surface area contributed by atoms with Crippen molar-refractivity contribution >= 4 is 5.91 Å². The number of ether oxygens (including phenoxy) is 1. The average molecular weight is 273 g/mol. The fraction of sp³-hybridized carbons (Fsp3) is 0.312. The van der Waals surface area contributed by atoms with Gasteiger partial charge in [-0.25, -0.2) is 0 Å². The Hall–Kier alpha value is -2.23. The summed E-state index contributed by atoms with van der Waals surface area (Å²) in [5.74, 6) is 1.42. The van der Waals surface area contributed by atoms with Crippen molar-refractivity contribution in [1.29, 1.82) is 0 Å². The van der Waals surface area contributed by atoms with Crippen LogP contribution in [0, 0.1) is 6.92 Å². The maximum atomic E-state index is 11.8. The first-order chi connectivity index (χ1) is 9.63. The van der Waals surface area contributed by atoms with Gasteiger partial charge in [-0.1, -0.05) is 17.7 Å². The summed E-state index contributed by atoms with van der Waals surface area (Å²) in [6.07, 6.45) is 2.30. The maximum Gasteiger partial charge on any atom is 0.258 e. The highest BCUT2D eigenvalue weighted by molar-refractivity contribution is 5.77. The van der Waals surface area contributed by atoms with Crippen LogP contribution in [0.5, 0.6) is 5.75 Å².